The van der Waals surface area contributed by atoms with Crippen molar-refractivity contribution in [2.24, 2.45) is 0 Å². The van der Waals surface area contributed by atoms with E-state index in [1.54, 1.807) is 13.2 Å². The first-order chi connectivity index (χ1) is 25.6. The van der Waals surface area contributed by atoms with Crippen LogP contribution in [0.15, 0.2) is 96.5 Å². The monoisotopic (exact) mass is 759 g/mol. The average Bonchev–Trinajstić information content (AvgIpc) is 3.17. The number of methoxy groups -OCH3 is 2. The summed E-state index contributed by atoms with van der Waals surface area (Å²) in [4.78, 5) is 10.7. The van der Waals surface area contributed by atoms with Gasteiger partial charge in [0, 0.05) is 59.5 Å². The summed E-state index contributed by atoms with van der Waals surface area (Å²) in [5, 5.41) is 4.54. The molecule has 1 saturated heterocycles. The highest BCUT2D eigenvalue weighted by atomic mass is 35.5. The van der Waals surface area contributed by atoms with Gasteiger partial charge in [-0.1, -0.05) is 42.4 Å². The second kappa shape index (κ2) is 16.4. The first-order valence-electron chi connectivity index (χ1n) is 16.4. The topological polar surface area (TPSA) is 115 Å². The molecule has 0 amide bonds. The Morgan fingerprint density at radius 3 is 2.40 bits per heavy atom. The summed E-state index contributed by atoms with van der Waals surface area (Å²) in [5.41, 5.74) is 5.95. The summed E-state index contributed by atoms with van der Waals surface area (Å²) >= 11 is 6.35. The Balaban J connectivity index is 1.37. The maximum atomic E-state index is 14.4. The second-order valence-electron chi connectivity index (χ2n) is 11.9. The van der Waals surface area contributed by atoms with Crippen molar-refractivity contribution in [1.29, 1.82) is 0 Å². The third kappa shape index (κ3) is 8.76. The van der Waals surface area contributed by atoms with Crippen LogP contribution in [-0.4, -0.2) is 58.9 Å². The highest BCUT2D eigenvalue weighted by Gasteiger charge is 2.22. The van der Waals surface area contributed by atoms with Crippen LogP contribution in [0, 0.1) is 11.6 Å². The molecule has 14 heteroatoms. The maximum Gasteiger partial charge on any atom is 0.264 e. The van der Waals surface area contributed by atoms with E-state index >= 15 is 0 Å². The minimum atomic E-state index is -4.49. The molecule has 0 spiro atoms. The zero-order valence-corrected chi connectivity index (χ0v) is 30.5. The molecule has 3 heterocycles. The molecular formula is C39H36ClF2N5O5S. The number of sulfonamides is 1. The molecule has 1 aliphatic heterocycles. The van der Waals surface area contributed by atoms with E-state index in [-0.39, 0.29) is 11.6 Å². The summed E-state index contributed by atoms with van der Waals surface area (Å²) in [6, 6.07) is 21.5. The Kier molecular flexibility index (Phi) is 11.6. The Bertz CT molecular complexity index is 2360. The van der Waals surface area contributed by atoms with Gasteiger partial charge in [-0.15, -0.1) is 0 Å². The van der Waals surface area contributed by atoms with Crippen molar-refractivity contribution in [3.8, 4) is 22.8 Å². The van der Waals surface area contributed by atoms with E-state index in [1.165, 1.54) is 24.9 Å². The molecule has 1 fully saturated rings. The Hall–Kier alpha value is -5.50. The van der Waals surface area contributed by atoms with Crippen molar-refractivity contribution in [2.75, 3.05) is 55.5 Å². The molecule has 0 aliphatic carbocycles. The van der Waals surface area contributed by atoms with Gasteiger partial charge in [0.05, 0.1) is 32.8 Å². The zero-order valence-electron chi connectivity index (χ0n) is 28.9. The number of nitrogens with zero attached hydrogens (tertiary/aromatic N) is 3. The van der Waals surface area contributed by atoms with Crippen LogP contribution in [0.5, 0.6) is 11.6 Å². The Labute approximate surface area is 311 Å². The molecule has 3 aromatic carbocycles. The number of nitrogens with one attached hydrogen (secondary N) is 2. The van der Waals surface area contributed by atoms with Gasteiger partial charge >= 0.3 is 0 Å². The fourth-order valence-corrected chi connectivity index (χ4v) is 7.01. The van der Waals surface area contributed by atoms with Crippen LogP contribution >= 0.6 is 11.6 Å². The molecule has 2 N–H and O–H groups in total. The first-order valence-corrected chi connectivity index (χ1v) is 18.3. The molecule has 0 radical (unpaired) electrons. The van der Waals surface area contributed by atoms with Crippen LogP contribution in [-0.2, 0) is 21.3 Å². The number of anilines is 3. The number of hydrogen-bond donors (Lipinski definition) is 2. The predicted molar refractivity (Wildman–Crippen MR) is 204 cm³/mol. The summed E-state index contributed by atoms with van der Waals surface area (Å²) in [6.45, 7) is 7.65. The summed E-state index contributed by atoms with van der Waals surface area (Å²) < 4.78 is 72.5. The van der Waals surface area contributed by atoms with Crippen molar-refractivity contribution < 1.29 is 31.4 Å². The molecule has 274 valence electrons. The molecule has 10 nitrogen and oxygen atoms in total. The Morgan fingerprint density at radius 1 is 1.00 bits per heavy atom. The normalized spacial score (nSPS) is 13.9. The van der Waals surface area contributed by atoms with Crippen LogP contribution in [0.3, 0.4) is 0 Å². The predicted octanol–water partition coefficient (Wildman–Crippen LogP) is 6.16. The van der Waals surface area contributed by atoms with Crippen LogP contribution in [0.1, 0.15) is 11.1 Å². The lowest BCUT2D eigenvalue weighted by molar-refractivity contribution is 0.122. The quantitative estimate of drug-likeness (QED) is 0.155. The van der Waals surface area contributed by atoms with Gasteiger partial charge in [0.15, 0.2) is 0 Å². The van der Waals surface area contributed by atoms with E-state index in [9.17, 15) is 17.2 Å². The number of ether oxygens (including phenoxy) is 3. The third-order valence-electron chi connectivity index (χ3n) is 8.53. The summed E-state index contributed by atoms with van der Waals surface area (Å²) in [5.74, 6) is -0.869. The number of morpholine rings is 1. The largest absolute Gasteiger partial charge is 0.497 e. The van der Waals surface area contributed by atoms with Gasteiger partial charge in [0.2, 0.25) is 5.88 Å². The van der Waals surface area contributed by atoms with Crippen LogP contribution in [0.4, 0.5) is 26.0 Å². The fraction of sp³-hybridized carbons (Fsp3) is 0.179. The SMILES string of the molecule is C=C(/C=c1/cc(-c2ccc(N3CCOCC3)cc2)c(NCc2ccc(OC)cc2)n/c1=C/Cl)c1cnc(OC)c(NS(=O)(=O)c2ccc(F)cc2F)c1. The number of rotatable bonds is 12. The van der Waals surface area contributed by atoms with Crippen LogP contribution in [0.25, 0.3) is 28.3 Å². The van der Waals surface area contributed by atoms with Gasteiger partial charge in [0.1, 0.15) is 33.8 Å². The number of halogens is 3. The van der Waals surface area contributed by atoms with Crippen LogP contribution in [0.2, 0.25) is 0 Å². The smallest absolute Gasteiger partial charge is 0.264 e. The van der Waals surface area contributed by atoms with Gasteiger partial charge in [-0.3, -0.25) is 4.72 Å². The van der Waals surface area contributed by atoms with Crippen molar-refractivity contribution >= 4 is 56.0 Å². The molecular weight excluding hydrogens is 724 g/mol. The highest BCUT2D eigenvalue weighted by Crippen LogP contribution is 2.30. The van der Waals surface area contributed by atoms with Crippen molar-refractivity contribution in [2.45, 2.75) is 11.4 Å². The van der Waals surface area contributed by atoms with E-state index in [1.807, 2.05) is 42.5 Å². The molecule has 53 heavy (non-hydrogen) atoms. The number of hydrogen-bond acceptors (Lipinski definition) is 9. The lowest BCUT2D eigenvalue weighted by atomic mass is 10.0. The van der Waals surface area contributed by atoms with Crippen molar-refractivity contribution in [1.82, 2.24) is 9.97 Å². The van der Waals surface area contributed by atoms with Gasteiger partial charge in [-0.2, -0.15) is 0 Å². The number of allylic oxidation sites excluding steroid dienone is 1. The molecule has 2 aromatic heterocycles. The van der Waals surface area contributed by atoms with Crippen molar-refractivity contribution in [3.05, 3.63) is 125 Å². The lowest BCUT2D eigenvalue weighted by Crippen LogP contribution is -2.36. The second-order valence-corrected chi connectivity index (χ2v) is 13.8. The first kappa shape index (κ1) is 37.3. The lowest BCUT2D eigenvalue weighted by Gasteiger charge is -2.29. The van der Waals surface area contributed by atoms with Gasteiger partial charge in [0.25, 0.3) is 10.0 Å². The van der Waals surface area contributed by atoms with E-state index in [0.717, 1.165) is 53.3 Å². The molecule has 1 aliphatic rings. The number of aromatic nitrogens is 2. The standard InChI is InChI=1S/C39H36ClF2N5O5S/c1-25(29-20-35(39(51-3)44-24-29)46-53(48,49)37-13-8-30(41)21-34(37)42)18-28-19-33(27-6-9-31(10-7-27)47-14-16-52-17-15-47)38(45-36(28)22-40)43-23-26-4-11-32(50-2)12-5-26/h4-13,18-22,24,46H,1,14-17,23H2,2-3H3,(H,43,45)/b28-18-,36-22+. The van der Waals surface area contributed by atoms with Crippen molar-refractivity contribution in [3.63, 3.8) is 0 Å². The van der Waals surface area contributed by atoms with E-state index in [2.05, 4.69) is 38.6 Å². The van der Waals surface area contributed by atoms with Gasteiger partial charge < -0.3 is 24.4 Å². The minimum Gasteiger partial charge on any atom is -0.497 e. The van der Waals surface area contributed by atoms with E-state index in [0.29, 0.717) is 53.3 Å². The fourth-order valence-electron chi connectivity index (χ4n) is 5.73. The molecule has 5 aromatic rings. The average molecular weight is 760 g/mol. The zero-order chi connectivity index (χ0) is 37.5. The van der Waals surface area contributed by atoms with Crippen LogP contribution < -0.4 is 35.0 Å². The highest BCUT2D eigenvalue weighted by molar-refractivity contribution is 7.92. The van der Waals surface area contributed by atoms with E-state index in [4.69, 9.17) is 30.8 Å². The summed E-state index contributed by atoms with van der Waals surface area (Å²) in [7, 11) is -1.56. The number of benzene rings is 3. The molecule has 6 rings (SSSR count). The Morgan fingerprint density at radius 2 is 1.74 bits per heavy atom. The van der Waals surface area contributed by atoms with E-state index < -0.39 is 26.6 Å². The molecule has 0 unspecified atom stereocenters. The summed E-state index contributed by atoms with van der Waals surface area (Å²) in [6.07, 6.45) is 3.21. The molecule has 0 bridgehead atoms. The minimum absolute atomic E-state index is 0.0702. The van der Waals surface area contributed by atoms with Gasteiger partial charge in [-0.25, -0.2) is 27.2 Å². The molecule has 0 saturated carbocycles. The molecule has 0 atom stereocenters. The third-order valence-corrected chi connectivity index (χ3v) is 10.1. The number of pyridine rings is 2. The van der Waals surface area contributed by atoms with Gasteiger partial charge in [-0.05, 0) is 71.3 Å². The maximum absolute atomic E-state index is 14.4.